The number of halogens is 1. The number of hydrogen-bond donors (Lipinski definition) is 1. The highest BCUT2D eigenvalue weighted by molar-refractivity contribution is 7.21. The number of carbonyl (C=O) groups is 3. The molecular weight excluding hydrogens is 518 g/mol. The molecule has 1 aliphatic rings. The van der Waals surface area contributed by atoms with Crippen molar-refractivity contribution in [3.05, 3.63) is 70.1 Å². The molecule has 0 bridgehead atoms. The SMILES string of the molecule is CCOC(=O)c1c(NC(=O)COC(=O)c2ccc(OC[C@H]3CCCO3)cc2)sc(Cl)c1-c1ccccc1. The first-order valence-electron chi connectivity index (χ1n) is 11.8. The van der Waals surface area contributed by atoms with Gasteiger partial charge in [0.2, 0.25) is 0 Å². The second kappa shape index (κ2) is 12.7. The van der Waals surface area contributed by atoms with Crippen molar-refractivity contribution in [2.75, 3.05) is 31.7 Å². The number of ether oxygens (including phenoxy) is 4. The maximum Gasteiger partial charge on any atom is 0.341 e. The van der Waals surface area contributed by atoms with E-state index in [2.05, 4.69) is 5.32 Å². The molecule has 4 rings (SSSR count). The number of nitrogens with one attached hydrogen (secondary N) is 1. The van der Waals surface area contributed by atoms with Crippen LogP contribution in [0.25, 0.3) is 11.1 Å². The van der Waals surface area contributed by atoms with E-state index in [9.17, 15) is 14.4 Å². The van der Waals surface area contributed by atoms with Crippen LogP contribution in [0.4, 0.5) is 5.00 Å². The maximum atomic E-state index is 12.7. The first kappa shape index (κ1) is 26.7. The van der Waals surface area contributed by atoms with Crippen LogP contribution in [0.5, 0.6) is 5.75 Å². The highest BCUT2D eigenvalue weighted by Crippen LogP contribution is 2.43. The Morgan fingerprint density at radius 2 is 1.81 bits per heavy atom. The molecule has 0 aliphatic carbocycles. The summed E-state index contributed by atoms with van der Waals surface area (Å²) in [4.78, 5) is 37.7. The van der Waals surface area contributed by atoms with Crippen molar-refractivity contribution in [2.45, 2.75) is 25.9 Å². The van der Waals surface area contributed by atoms with Gasteiger partial charge >= 0.3 is 11.9 Å². The molecule has 1 saturated heterocycles. The van der Waals surface area contributed by atoms with E-state index in [0.717, 1.165) is 30.8 Å². The minimum atomic E-state index is -0.666. The molecule has 1 aromatic heterocycles. The number of rotatable bonds is 10. The summed E-state index contributed by atoms with van der Waals surface area (Å²) >= 11 is 7.48. The second-order valence-electron chi connectivity index (χ2n) is 8.14. The molecule has 3 aromatic rings. The molecular formula is C27H26ClNO7S. The fourth-order valence-corrected chi connectivity index (χ4v) is 5.17. The van der Waals surface area contributed by atoms with Crippen LogP contribution in [0.2, 0.25) is 4.34 Å². The number of thiophene rings is 1. The lowest BCUT2D eigenvalue weighted by molar-refractivity contribution is -0.119. The smallest absolute Gasteiger partial charge is 0.341 e. The van der Waals surface area contributed by atoms with E-state index in [0.29, 0.717) is 27.8 Å². The fourth-order valence-electron chi connectivity index (χ4n) is 3.78. The van der Waals surface area contributed by atoms with Crippen LogP contribution in [0.1, 0.15) is 40.5 Å². The van der Waals surface area contributed by atoms with Gasteiger partial charge in [0.15, 0.2) is 6.61 Å². The Morgan fingerprint density at radius 1 is 1.05 bits per heavy atom. The minimum absolute atomic E-state index is 0.0921. The largest absolute Gasteiger partial charge is 0.491 e. The third-order valence-corrected chi connectivity index (χ3v) is 6.86. The van der Waals surface area contributed by atoms with Gasteiger partial charge in [-0.05, 0) is 49.6 Å². The zero-order chi connectivity index (χ0) is 26.2. The molecule has 1 N–H and O–H groups in total. The third kappa shape index (κ3) is 6.88. The van der Waals surface area contributed by atoms with Crippen molar-refractivity contribution >= 4 is 45.8 Å². The van der Waals surface area contributed by atoms with Crippen molar-refractivity contribution in [3.8, 4) is 16.9 Å². The van der Waals surface area contributed by atoms with Gasteiger partial charge in [-0.2, -0.15) is 0 Å². The number of carbonyl (C=O) groups excluding carboxylic acids is 3. The lowest BCUT2D eigenvalue weighted by atomic mass is 10.0. The zero-order valence-corrected chi connectivity index (χ0v) is 21.7. The Labute approximate surface area is 223 Å². The first-order valence-corrected chi connectivity index (χ1v) is 13.0. The Kier molecular flexibility index (Phi) is 9.16. The van der Waals surface area contributed by atoms with Crippen LogP contribution in [0.3, 0.4) is 0 Å². The van der Waals surface area contributed by atoms with E-state index in [1.165, 1.54) is 0 Å². The van der Waals surface area contributed by atoms with Gasteiger partial charge in [0, 0.05) is 12.2 Å². The van der Waals surface area contributed by atoms with E-state index in [1.807, 2.05) is 30.3 Å². The lowest BCUT2D eigenvalue weighted by Gasteiger charge is -2.11. The van der Waals surface area contributed by atoms with Crippen molar-refractivity contribution in [2.24, 2.45) is 0 Å². The summed E-state index contributed by atoms with van der Waals surface area (Å²) in [6, 6.07) is 15.6. The predicted octanol–water partition coefficient (Wildman–Crippen LogP) is 5.60. The summed E-state index contributed by atoms with van der Waals surface area (Å²) in [7, 11) is 0. The predicted molar refractivity (Wildman–Crippen MR) is 141 cm³/mol. The number of anilines is 1. The van der Waals surface area contributed by atoms with E-state index < -0.39 is 24.5 Å². The molecule has 2 heterocycles. The highest BCUT2D eigenvalue weighted by Gasteiger charge is 2.26. The Bertz CT molecular complexity index is 1240. The topological polar surface area (TPSA) is 100 Å². The first-order chi connectivity index (χ1) is 18.0. The molecule has 37 heavy (non-hydrogen) atoms. The van der Waals surface area contributed by atoms with E-state index in [-0.39, 0.29) is 28.8 Å². The number of hydrogen-bond acceptors (Lipinski definition) is 8. The third-order valence-electron chi connectivity index (χ3n) is 5.54. The van der Waals surface area contributed by atoms with E-state index in [4.69, 9.17) is 30.5 Å². The number of esters is 2. The molecule has 1 aliphatic heterocycles. The average Bonchev–Trinajstić information content (AvgIpc) is 3.54. The van der Waals surface area contributed by atoms with Gasteiger partial charge in [0.25, 0.3) is 5.91 Å². The van der Waals surface area contributed by atoms with Gasteiger partial charge in [-0.15, -0.1) is 11.3 Å². The standard InChI is InChI=1S/C27H26ClNO7S/c1-2-33-27(32)23-22(17-7-4-3-5-8-17)24(28)37-25(23)29-21(30)16-36-26(31)18-10-12-19(13-11-18)35-15-20-9-6-14-34-20/h3-5,7-8,10-13,20H,2,6,9,14-16H2,1H3,(H,29,30)/t20-/m1/s1. The quantitative estimate of drug-likeness (QED) is 0.332. The molecule has 194 valence electrons. The highest BCUT2D eigenvalue weighted by atomic mass is 35.5. The molecule has 0 saturated carbocycles. The number of amides is 1. The van der Waals surface area contributed by atoms with Crippen LogP contribution < -0.4 is 10.1 Å². The summed E-state index contributed by atoms with van der Waals surface area (Å²) in [6.07, 6.45) is 2.10. The Hall–Kier alpha value is -3.40. The number of benzene rings is 2. The summed E-state index contributed by atoms with van der Waals surface area (Å²) < 4.78 is 21.9. The monoisotopic (exact) mass is 543 g/mol. The Morgan fingerprint density at radius 3 is 2.49 bits per heavy atom. The van der Waals surface area contributed by atoms with Crippen LogP contribution >= 0.6 is 22.9 Å². The van der Waals surface area contributed by atoms with Crippen molar-refractivity contribution in [1.82, 2.24) is 0 Å². The van der Waals surface area contributed by atoms with Gasteiger partial charge in [0.05, 0.1) is 18.3 Å². The molecule has 1 amide bonds. The minimum Gasteiger partial charge on any atom is -0.491 e. The second-order valence-corrected chi connectivity index (χ2v) is 9.76. The van der Waals surface area contributed by atoms with Crippen LogP contribution in [-0.4, -0.2) is 50.4 Å². The van der Waals surface area contributed by atoms with Gasteiger partial charge < -0.3 is 24.3 Å². The summed E-state index contributed by atoms with van der Waals surface area (Å²) in [5.41, 5.74) is 1.61. The van der Waals surface area contributed by atoms with Crippen LogP contribution in [0.15, 0.2) is 54.6 Å². The van der Waals surface area contributed by atoms with Crippen LogP contribution in [-0.2, 0) is 19.0 Å². The molecule has 2 aromatic carbocycles. The zero-order valence-electron chi connectivity index (χ0n) is 20.2. The molecule has 0 radical (unpaired) electrons. The fraction of sp³-hybridized carbons (Fsp3) is 0.296. The Balaban J connectivity index is 1.37. The maximum absolute atomic E-state index is 12.7. The molecule has 1 atom stereocenters. The van der Waals surface area contributed by atoms with E-state index >= 15 is 0 Å². The molecule has 0 unspecified atom stereocenters. The molecule has 8 nitrogen and oxygen atoms in total. The van der Waals surface area contributed by atoms with E-state index in [1.54, 1.807) is 31.2 Å². The van der Waals surface area contributed by atoms with Crippen molar-refractivity contribution in [1.29, 1.82) is 0 Å². The normalized spacial score (nSPS) is 14.7. The van der Waals surface area contributed by atoms with Gasteiger partial charge in [-0.3, -0.25) is 4.79 Å². The lowest BCUT2D eigenvalue weighted by Crippen LogP contribution is -2.21. The molecule has 0 spiro atoms. The molecule has 1 fully saturated rings. The van der Waals surface area contributed by atoms with Crippen molar-refractivity contribution < 1.29 is 33.3 Å². The summed E-state index contributed by atoms with van der Waals surface area (Å²) in [5.74, 6) is -1.28. The van der Waals surface area contributed by atoms with Gasteiger partial charge in [-0.1, -0.05) is 41.9 Å². The van der Waals surface area contributed by atoms with Crippen LogP contribution in [0, 0.1) is 0 Å². The van der Waals surface area contributed by atoms with Crippen molar-refractivity contribution in [3.63, 3.8) is 0 Å². The van der Waals surface area contributed by atoms with Gasteiger partial charge in [0.1, 0.15) is 27.3 Å². The average molecular weight is 544 g/mol. The molecule has 10 heteroatoms. The summed E-state index contributed by atoms with van der Waals surface area (Å²) in [6.45, 7) is 2.51. The van der Waals surface area contributed by atoms with Gasteiger partial charge in [-0.25, -0.2) is 9.59 Å². The summed E-state index contributed by atoms with van der Waals surface area (Å²) in [5, 5.41) is 2.84.